The Morgan fingerprint density at radius 2 is 2.00 bits per heavy atom. The van der Waals surface area contributed by atoms with E-state index in [9.17, 15) is 4.79 Å². The maximum Gasteiger partial charge on any atom is 0.307 e. The minimum absolute atomic E-state index is 0.156. The molecule has 0 saturated heterocycles. The standard InChI is InChI=1S/C13H19NO2/c1-11(2)14-9-8-13(15)16-10-12-6-4-3-5-7-12/h3-7,11,14H,8-10H2,1-2H3. The van der Waals surface area contributed by atoms with Crippen LogP contribution in [0, 0.1) is 0 Å². The fourth-order valence-corrected chi connectivity index (χ4v) is 1.27. The second-order valence-corrected chi connectivity index (χ2v) is 4.01. The number of rotatable bonds is 6. The van der Waals surface area contributed by atoms with Gasteiger partial charge in [-0.3, -0.25) is 4.79 Å². The van der Waals surface area contributed by atoms with Gasteiger partial charge in [0.05, 0.1) is 6.42 Å². The molecule has 0 aromatic heterocycles. The Bertz CT molecular complexity index is 309. The predicted molar refractivity (Wildman–Crippen MR) is 64.0 cm³/mol. The predicted octanol–water partition coefficient (Wildman–Crippen LogP) is 2.12. The third-order valence-corrected chi connectivity index (χ3v) is 2.12. The quantitative estimate of drug-likeness (QED) is 0.748. The second kappa shape index (κ2) is 7.01. The van der Waals surface area contributed by atoms with Crippen molar-refractivity contribution in [1.82, 2.24) is 5.32 Å². The minimum atomic E-state index is -0.156. The van der Waals surface area contributed by atoms with Crippen LogP contribution in [0.25, 0.3) is 0 Å². The highest BCUT2D eigenvalue weighted by molar-refractivity contribution is 5.69. The number of hydrogen-bond acceptors (Lipinski definition) is 3. The van der Waals surface area contributed by atoms with Crippen molar-refractivity contribution in [2.45, 2.75) is 32.9 Å². The van der Waals surface area contributed by atoms with E-state index in [4.69, 9.17) is 4.74 Å². The van der Waals surface area contributed by atoms with E-state index in [2.05, 4.69) is 19.2 Å². The third kappa shape index (κ3) is 5.51. The van der Waals surface area contributed by atoms with E-state index in [1.54, 1.807) is 0 Å². The molecule has 0 aliphatic heterocycles. The molecule has 0 unspecified atom stereocenters. The molecule has 1 aromatic carbocycles. The van der Waals surface area contributed by atoms with Gasteiger partial charge in [-0.1, -0.05) is 44.2 Å². The molecule has 1 N–H and O–H groups in total. The van der Waals surface area contributed by atoms with E-state index in [1.807, 2.05) is 30.3 Å². The van der Waals surface area contributed by atoms with Gasteiger partial charge in [0.25, 0.3) is 0 Å². The van der Waals surface area contributed by atoms with E-state index >= 15 is 0 Å². The van der Waals surface area contributed by atoms with Gasteiger partial charge in [0.2, 0.25) is 0 Å². The molecule has 0 saturated carbocycles. The number of hydrogen-bond donors (Lipinski definition) is 1. The van der Waals surface area contributed by atoms with Crippen LogP contribution in [-0.4, -0.2) is 18.6 Å². The summed E-state index contributed by atoms with van der Waals surface area (Å²) in [5, 5.41) is 3.17. The Balaban J connectivity index is 2.16. The zero-order valence-corrected chi connectivity index (χ0v) is 9.90. The zero-order chi connectivity index (χ0) is 11.8. The first-order chi connectivity index (χ1) is 7.68. The maximum absolute atomic E-state index is 11.3. The molecule has 0 amide bonds. The number of carbonyl (C=O) groups excluding carboxylic acids is 1. The molecule has 0 heterocycles. The summed E-state index contributed by atoms with van der Waals surface area (Å²) in [6, 6.07) is 10.1. The topological polar surface area (TPSA) is 38.3 Å². The average molecular weight is 221 g/mol. The number of ether oxygens (including phenoxy) is 1. The Labute approximate surface area is 96.8 Å². The van der Waals surface area contributed by atoms with Crippen LogP contribution in [-0.2, 0) is 16.1 Å². The molecule has 0 radical (unpaired) electrons. The minimum Gasteiger partial charge on any atom is -0.461 e. The highest BCUT2D eigenvalue weighted by Gasteiger charge is 2.03. The molecular weight excluding hydrogens is 202 g/mol. The summed E-state index contributed by atoms with van der Waals surface area (Å²) in [7, 11) is 0. The summed E-state index contributed by atoms with van der Waals surface area (Å²) in [6.07, 6.45) is 0.422. The normalized spacial score (nSPS) is 10.4. The van der Waals surface area contributed by atoms with E-state index in [0.29, 0.717) is 25.6 Å². The van der Waals surface area contributed by atoms with Crippen LogP contribution in [0.1, 0.15) is 25.8 Å². The highest BCUT2D eigenvalue weighted by atomic mass is 16.5. The van der Waals surface area contributed by atoms with Gasteiger partial charge >= 0.3 is 5.97 Å². The van der Waals surface area contributed by atoms with Crippen molar-refractivity contribution >= 4 is 5.97 Å². The number of carbonyl (C=O) groups is 1. The third-order valence-electron chi connectivity index (χ3n) is 2.12. The van der Waals surface area contributed by atoms with Crippen molar-refractivity contribution in [3.8, 4) is 0 Å². The Morgan fingerprint density at radius 1 is 1.31 bits per heavy atom. The van der Waals surface area contributed by atoms with Crippen LogP contribution in [0.4, 0.5) is 0 Å². The van der Waals surface area contributed by atoms with Crippen LogP contribution >= 0.6 is 0 Å². The van der Waals surface area contributed by atoms with Gasteiger partial charge in [-0.05, 0) is 5.56 Å². The lowest BCUT2D eigenvalue weighted by atomic mass is 10.2. The Morgan fingerprint density at radius 3 is 2.62 bits per heavy atom. The van der Waals surface area contributed by atoms with Gasteiger partial charge in [-0.15, -0.1) is 0 Å². The molecule has 0 atom stereocenters. The Kier molecular flexibility index (Phi) is 5.57. The summed E-state index contributed by atoms with van der Waals surface area (Å²) in [4.78, 5) is 11.3. The molecular formula is C13H19NO2. The van der Waals surface area contributed by atoms with Gasteiger partial charge in [0.1, 0.15) is 6.61 Å². The first kappa shape index (κ1) is 12.7. The fraction of sp³-hybridized carbons (Fsp3) is 0.462. The van der Waals surface area contributed by atoms with Crippen LogP contribution in [0.5, 0.6) is 0 Å². The molecule has 0 spiro atoms. The molecule has 0 aliphatic rings. The molecule has 3 heteroatoms. The summed E-state index contributed by atoms with van der Waals surface area (Å²) in [5.41, 5.74) is 1.02. The van der Waals surface area contributed by atoms with Gasteiger partial charge < -0.3 is 10.1 Å². The molecule has 0 fully saturated rings. The molecule has 88 valence electrons. The lowest BCUT2D eigenvalue weighted by Crippen LogP contribution is -2.25. The molecule has 16 heavy (non-hydrogen) atoms. The number of benzene rings is 1. The molecule has 1 aromatic rings. The summed E-state index contributed by atoms with van der Waals surface area (Å²) >= 11 is 0. The van der Waals surface area contributed by atoms with E-state index < -0.39 is 0 Å². The zero-order valence-electron chi connectivity index (χ0n) is 9.90. The van der Waals surface area contributed by atoms with Crippen molar-refractivity contribution in [2.24, 2.45) is 0 Å². The second-order valence-electron chi connectivity index (χ2n) is 4.01. The largest absolute Gasteiger partial charge is 0.461 e. The number of nitrogens with one attached hydrogen (secondary N) is 1. The first-order valence-electron chi connectivity index (χ1n) is 5.61. The lowest BCUT2D eigenvalue weighted by molar-refractivity contribution is -0.144. The van der Waals surface area contributed by atoms with Crippen molar-refractivity contribution in [3.05, 3.63) is 35.9 Å². The average Bonchev–Trinajstić information content (AvgIpc) is 2.27. The van der Waals surface area contributed by atoms with Crippen molar-refractivity contribution in [3.63, 3.8) is 0 Å². The van der Waals surface area contributed by atoms with E-state index in [-0.39, 0.29) is 5.97 Å². The van der Waals surface area contributed by atoms with Gasteiger partial charge in [-0.2, -0.15) is 0 Å². The summed E-state index contributed by atoms with van der Waals surface area (Å²) in [6.45, 7) is 5.14. The first-order valence-corrected chi connectivity index (χ1v) is 5.61. The fourth-order valence-electron chi connectivity index (χ4n) is 1.27. The molecule has 1 rings (SSSR count). The van der Waals surface area contributed by atoms with Gasteiger partial charge in [0, 0.05) is 12.6 Å². The Hall–Kier alpha value is -1.35. The van der Waals surface area contributed by atoms with Crippen LogP contribution in [0.15, 0.2) is 30.3 Å². The molecule has 0 bridgehead atoms. The van der Waals surface area contributed by atoms with Gasteiger partial charge in [0.15, 0.2) is 0 Å². The number of esters is 1. The van der Waals surface area contributed by atoms with Crippen LogP contribution in [0.2, 0.25) is 0 Å². The SMILES string of the molecule is CC(C)NCCC(=O)OCc1ccccc1. The molecule has 3 nitrogen and oxygen atoms in total. The summed E-state index contributed by atoms with van der Waals surface area (Å²) in [5.74, 6) is -0.156. The van der Waals surface area contributed by atoms with Gasteiger partial charge in [-0.25, -0.2) is 0 Å². The van der Waals surface area contributed by atoms with E-state index in [0.717, 1.165) is 5.56 Å². The monoisotopic (exact) mass is 221 g/mol. The van der Waals surface area contributed by atoms with Crippen molar-refractivity contribution in [2.75, 3.05) is 6.54 Å². The van der Waals surface area contributed by atoms with E-state index in [1.165, 1.54) is 0 Å². The lowest BCUT2D eigenvalue weighted by Gasteiger charge is -2.08. The summed E-state index contributed by atoms with van der Waals surface area (Å²) < 4.78 is 5.13. The molecule has 0 aliphatic carbocycles. The van der Waals surface area contributed by atoms with Crippen molar-refractivity contribution in [1.29, 1.82) is 0 Å². The van der Waals surface area contributed by atoms with Crippen LogP contribution < -0.4 is 5.32 Å². The highest BCUT2D eigenvalue weighted by Crippen LogP contribution is 2.01. The van der Waals surface area contributed by atoms with Crippen molar-refractivity contribution < 1.29 is 9.53 Å². The van der Waals surface area contributed by atoms with Crippen LogP contribution in [0.3, 0.4) is 0 Å². The smallest absolute Gasteiger partial charge is 0.307 e. The maximum atomic E-state index is 11.3.